The lowest BCUT2D eigenvalue weighted by Crippen LogP contribution is -2.56. The Balaban J connectivity index is 1.94. The van der Waals surface area contributed by atoms with Gasteiger partial charge in [-0.05, 0) is 37.0 Å². The van der Waals surface area contributed by atoms with E-state index >= 15 is 0 Å². The van der Waals surface area contributed by atoms with Gasteiger partial charge in [-0.3, -0.25) is 9.69 Å². The van der Waals surface area contributed by atoms with Crippen molar-refractivity contribution in [1.29, 1.82) is 0 Å². The molecule has 1 aromatic rings. The van der Waals surface area contributed by atoms with Crippen LogP contribution < -0.4 is 10.5 Å². The zero-order valence-corrected chi connectivity index (χ0v) is 13.7. The highest BCUT2D eigenvalue weighted by Crippen LogP contribution is 2.49. The quantitative estimate of drug-likeness (QED) is 0.888. The minimum atomic E-state index is -0.614. The standard InChI is InChI=1S/C18H26N2O3/c1-23-14-7-5-13(6-8-14)17-15-4-2-3-9-18(15,22)10-11-20(17)12-16(19)21/h5-8,15,17,22H,2-4,9-12H2,1H3,(H2,19,21). The van der Waals surface area contributed by atoms with Crippen molar-refractivity contribution >= 4 is 5.91 Å². The van der Waals surface area contributed by atoms with Crippen LogP contribution in [0.5, 0.6) is 5.75 Å². The number of hydrogen-bond donors (Lipinski definition) is 2. The van der Waals surface area contributed by atoms with Gasteiger partial charge in [0.05, 0.1) is 19.3 Å². The predicted molar refractivity (Wildman–Crippen MR) is 88.0 cm³/mol. The molecule has 2 aliphatic rings. The Morgan fingerprint density at radius 3 is 2.74 bits per heavy atom. The maximum atomic E-state index is 11.5. The summed E-state index contributed by atoms with van der Waals surface area (Å²) in [5, 5.41) is 11.1. The molecule has 0 spiro atoms. The van der Waals surface area contributed by atoms with Crippen molar-refractivity contribution in [3.8, 4) is 5.75 Å². The number of aliphatic hydroxyl groups is 1. The van der Waals surface area contributed by atoms with Gasteiger partial charge < -0.3 is 15.6 Å². The molecule has 3 atom stereocenters. The van der Waals surface area contributed by atoms with Gasteiger partial charge in [0.25, 0.3) is 0 Å². The number of amides is 1. The molecule has 1 saturated heterocycles. The second kappa shape index (κ2) is 6.49. The van der Waals surface area contributed by atoms with Crippen LogP contribution in [0.2, 0.25) is 0 Å². The number of methoxy groups -OCH3 is 1. The summed E-state index contributed by atoms with van der Waals surface area (Å²) in [6, 6.07) is 7.99. The molecule has 1 saturated carbocycles. The zero-order chi connectivity index (χ0) is 16.4. The summed E-state index contributed by atoms with van der Waals surface area (Å²) in [5.74, 6) is 0.646. The molecule has 2 fully saturated rings. The number of benzene rings is 1. The maximum absolute atomic E-state index is 11.5. The highest BCUT2D eigenvalue weighted by atomic mass is 16.5. The molecule has 1 aliphatic heterocycles. The average Bonchev–Trinajstić information content (AvgIpc) is 2.54. The van der Waals surface area contributed by atoms with E-state index in [0.29, 0.717) is 6.54 Å². The van der Waals surface area contributed by atoms with Gasteiger partial charge in [-0.1, -0.05) is 25.0 Å². The second-order valence-corrected chi connectivity index (χ2v) is 6.86. The number of nitrogens with two attached hydrogens (primary N) is 1. The summed E-state index contributed by atoms with van der Waals surface area (Å²) < 4.78 is 5.24. The number of ether oxygens (including phenoxy) is 1. The van der Waals surface area contributed by atoms with Gasteiger partial charge in [0.1, 0.15) is 5.75 Å². The van der Waals surface area contributed by atoms with E-state index in [9.17, 15) is 9.90 Å². The Morgan fingerprint density at radius 1 is 1.35 bits per heavy atom. The summed E-state index contributed by atoms with van der Waals surface area (Å²) in [6.45, 7) is 0.940. The minimum Gasteiger partial charge on any atom is -0.497 e. The van der Waals surface area contributed by atoms with E-state index in [1.54, 1.807) is 7.11 Å². The van der Waals surface area contributed by atoms with Crippen LogP contribution in [0.4, 0.5) is 0 Å². The first-order chi connectivity index (χ1) is 11.0. The van der Waals surface area contributed by atoms with Crippen LogP contribution in [0, 0.1) is 5.92 Å². The molecule has 1 heterocycles. The van der Waals surface area contributed by atoms with Gasteiger partial charge in [0, 0.05) is 18.5 Å². The number of carbonyl (C=O) groups excluding carboxylic acids is 1. The lowest BCUT2D eigenvalue weighted by atomic mass is 9.66. The molecule has 126 valence electrons. The van der Waals surface area contributed by atoms with Crippen LogP contribution in [0.15, 0.2) is 24.3 Å². The number of piperidine rings is 1. The zero-order valence-electron chi connectivity index (χ0n) is 13.7. The van der Waals surface area contributed by atoms with Crippen molar-refractivity contribution in [2.75, 3.05) is 20.2 Å². The van der Waals surface area contributed by atoms with Gasteiger partial charge in [-0.15, -0.1) is 0 Å². The summed E-state index contributed by atoms with van der Waals surface area (Å²) in [5.41, 5.74) is 5.96. The second-order valence-electron chi connectivity index (χ2n) is 6.86. The largest absolute Gasteiger partial charge is 0.497 e. The molecule has 1 aromatic carbocycles. The lowest BCUT2D eigenvalue weighted by Gasteiger charge is -2.52. The van der Waals surface area contributed by atoms with Crippen molar-refractivity contribution in [3.05, 3.63) is 29.8 Å². The minimum absolute atomic E-state index is 0.0347. The van der Waals surface area contributed by atoms with Gasteiger partial charge >= 0.3 is 0 Å². The molecule has 5 nitrogen and oxygen atoms in total. The molecular formula is C18H26N2O3. The first-order valence-corrected chi connectivity index (χ1v) is 8.42. The summed E-state index contributed by atoms with van der Waals surface area (Å²) in [7, 11) is 1.65. The van der Waals surface area contributed by atoms with Crippen molar-refractivity contribution in [1.82, 2.24) is 4.90 Å². The molecule has 3 N–H and O–H groups in total. The van der Waals surface area contributed by atoms with Gasteiger partial charge in [0.15, 0.2) is 0 Å². The fourth-order valence-corrected chi connectivity index (χ4v) is 4.36. The molecular weight excluding hydrogens is 292 g/mol. The van der Waals surface area contributed by atoms with Crippen LogP contribution in [0.3, 0.4) is 0 Å². The molecule has 3 rings (SSSR count). The monoisotopic (exact) mass is 318 g/mol. The third kappa shape index (κ3) is 3.21. The summed E-state index contributed by atoms with van der Waals surface area (Å²) in [6.07, 6.45) is 4.77. The Kier molecular flexibility index (Phi) is 4.60. The van der Waals surface area contributed by atoms with Crippen LogP contribution in [-0.2, 0) is 4.79 Å². The van der Waals surface area contributed by atoms with Crippen molar-refractivity contribution in [3.63, 3.8) is 0 Å². The number of fused-ring (bicyclic) bond motifs is 1. The first-order valence-electron chi connectivity index (χ1n) is 8.42. The Morgan fingerprint density at radius 2 is 2.09 bits per heavy atom. The topological polar surface area (TPSA) is 75.8 Å². The molecule has 23 heavy (non-hydrogen) atoms. The Hall–Kier alpha value is -1.59. The summed E-state index contributed by atoms with van der Waals surface area (Å²) in [4.78, 5) is 13.6. The van der Waals surface area contributed by atoms with Crippen LogP contribution in [-0.4, -0.2) is 41.7 Å². The molecule has 3 unspecified atom stereocenters. The van der Waals surface area contributed by atoms with Gasteiger partial charge in [-0.2, -0.15) is 0 Å². The average molecular weight is 318 g/mol. The highest BCUT2D eigenvalue weighted by molar-refractivity contribution is 5.76. The van der Waals surface area contributed by atoms with Crippen LogP contribution in [0.1, 0.15) is 43.7 Å². The normalized spacial score (nSPS) is 31.4. The van der Waals surface area contributed by atoms with Gasteiger partial charge in [0.2, 0.25) is 5.91 Å². The fraction of sp³-hybridized carbons (Fsp3) is 0.611. The van der Waals surface area contributed by atoms with E-state index in [2.05, 4.69) is 4.90 Å². The highest BCUT2D eigenvalue weighted by Gasteiger charge is 2.49. The van der Waals surface area contributed by atoms with Crippen LogP contribution in [0.25, 0.3) is 0 Å². The third-order valence-electron chi connectivity index (χ3n) is 5.49. The smallest absolute Gasteiger partial charge is 0.231 e. The summed E-state index contributed by atoms with van der Waals surface area (Å²) >= 11 is 0. The van der Waals surface area contributed by atoms with E-state index < -0.39 is 5.60 Å². The molecule has 0 radical (unpaired) electrons. The molecule has 5 heteroatoms. The van der Waals surface area contributed by atoms with E-state index in [1.807, 2.05) is 24.3 Å². The number of nitrogens with zero attached hydrogens (tertiary/aromatic N) is 1. The van der Waals surface area contributed by atoms with Gasteiger partial charge in [-0.25, -0.2) is 0 Å². The number of likely N-dealkylation sites (tertiary alicyclic amines) is 1. The number of rotatable bonds is 4. The third-order valence-corrected chi connectivity index (χ3v) is 5.49. The van der Waals surface area contributed by atoms with E-state index in [0.717, 1.165) is 43.4 Å². The maximum Gasteiger partial charge on any atom is 0.231 e. The predicted octanol–water partition coefficient (Wildman–Crippen LogP) is 1.85. The van der Waals surface area contributed by atoms with E-state index in [1.165, 1.54) is 0 Å². The van der Waals surface area contributed by atoms with E-state index in [4.69, 9.17) is 10.5 Å². The fourth-order valence-electron chi connectivity index (χ4n) is 4.36. The first kappa shape index (κ1) is 16.3. The molecule has 0 bridgehead atoms. The van der Waals surface area contributed by atoms with Crippen molar-refractivity contribution in [2.45, 2.75) is 43.7 Å². The molecule has 0 aromatic heterocycles. The SMILES string of the molecule is COc1ccc(C2C3CCCCC3(O)CCN2CC(N)=O)cc1. The van der Waals surface area contributed by atoms with Crippen molar-refractivity contribution in [2.24, 2.45) is 11.7 Å². The Labute approximate surface area is 137 Å². The number of primary amides is 1. The van der Waals surface area contributed by atoms with E-state index in [-0.39, 0.29) is 24.4 Å². The lowest BCUT2D eigenvalue weighted by molar-refractivity contribution is -0.136. The number of carbonyl (C=O) groups is 1. The Bertz CT molecular complexity index is 560. The van der Waals surface area contributed by atoms with Crippen molar-refractivity contribution < 1.29 is 14.6 Å². The molecule has 1 aliphatic carbocycles. The van der Waals surface area contributed by atoms with Crippen LogP contribution >= 0.6 is 0 Å². The number of hydrogen-bond acceptors (Lipinski definition) is 4. The molecule has 1 amide bonds.